The van der Waals surface area contributed by atoms with Gasteiger partial charge in [-0.05, 0) is 29.5 Å². The van der Waals surface area contributed by atoms with Crippen molar-refractivity contribution in [3.8, 4) is 11.3 Å². The minimum atomic E-state index is -1.53. The van der Waals surface area contributed by atoms with Gasteiger partial charge in [0.1, 0.15) is 18.3 Å². The van der Waals surface area contributed by atoms with Gasteiger partial charge in [-0.15, -0.1) is 0 Å². The van der Waals surface area contributed by atoms with E-state index in [9.17, 15) is 15.0 Å². The van der Waals surface area contributed by atoms with Gasteiger partial charge in [0.25, 0.3) is 5.56 Å². The fourth-order valence-corrected chi connectivity index (χ4v) is 6.57. The van der Waals surface area contributed by atoms with Crippen molar-refractivity contribution >= 4 is 54.2 Å². The van der Waals surface area contributed by atoms with E-state index >= 15 is 0 Å². The molecule has 0 radical (unpaired) electrons. The van der Waals surface area contributed by atoms with Crippen LogP contribution in [0.25, 0.3) is 28.2 Å². The number of imidazole rings is 2. The van der Waals surface area contributed by atoms with E-state index in [2.05, 4.69) is 22.2 Å². The first kappa shape index (κ1) is 25.4. The van der Waals surface area contributed by atoms with Crippen LogP contribution in [-0.2, 0) is 15.6 Å². The minimum absolute atomic E-state index is 0.00524. The molecule has 0 amide bonds. The van der Waals surface area contributed by atoms with Crippen molar-refractivity contribution in [1.29, 1.82) is 0 Å². The summed E-state index contributed by atoms with van der Waals surface area (Å²) in [6.45, 7) is -0.0617. The molecule has 14 heteroatoms. The third-order valence-electron chi connectivity index (χ3n) is 6.17. The first-order chi connectivity index (χ1) is 18.4. The highest BCUT2D eigenvalue weighted by Gasteiger charge is 2.36. The molecule has 5 aromatic rings. The molecule has 1 saturated heterocycles. The van der Waals surface area contributed by atoms with Gasteiger partial charge >= 0.3 is 0 Å². The molecule has 1 fully saturated rings. The number of rotatable bonds is 6. The lowest BCUT2D eigenvalue weighted by Crippen LogP contribution is -2.45. The second-order valence-corrected chi connectivity index (χ2v) is 11.6. The van der Waals surface area contributed by atoms with Gasteiger partial charge in [-0.2, -0.15) is 4.98 Å². The van der Waals surface area contributed by atoms with E-state index in [0.29, 0.717) is 16.6 Å². The van der Waals surface area contributed by atoms with Crippen LogP contribution in [0.2, 0.25) is 0 Å². The fraction of sp³-hybridized carbons (Fsp3) is 0.208. The van der Waals surface area contributed by atoms with Crippen LogP contribution >= 0.6 is 31.6 Å². The molecular weight excluding hydrogens is 547 g/mol. The molecule has 11 nitrogen and oxygen atoms in total. The van der Waals surface area contributed by atoms with E-state index in [0.717, 1.165) is 16.2 Å². The van der Waals surface area contributed by atoms with Crippen molar-refractivity contribution in [3.05, 3.63) is 71.1 Å². The topological polar surface area (TPSA) is 153 Å². The first-order valence-corrected chi connectivity index (χ1v) is 14.8. The van der Waals surface area contributed by atoms with E-state index in [-0.39, 0.29) is 29.9 Å². The fourth-order valence-electron chi connectivity index (χ4n) is 4.27. The normalized spacial score (nSPS) is 20.8. The highest BCUT2D eigenvalue weighted by atomic mass is 32.7. The summed E-state index contributed by atoms with van der Waals surface area (Å²) in [7, 11) is -1.53. The third kappa shape index (κ3) is 4.71. The average molecular weight is 571 g/mol. The molecule has 1 aliphatic heterocycles. The molecule has 6 rings (SSSR count). The van der Waals surface area contributed by atoms with Gasteiger partial charge in [0.2, 0.25) is 13.4 Å². The Morgan fingerprint density at radius 3 is 2.76 bits per heavy atom. The quantitative estimate of drug-likeness (QED) is 0.118. The van der Waals surface area contributed by atoms with E-state index in [1.54, 1.807) is 16.8 Å². The monoisotopic (exact) mass is 570 g/mol. The standard InChI is InChI=1S/C24H23N6O5PS2/c25-14-8-4-5-9-18(14)38-24-27-19-21(29(24)11-16(31)20-17(32)12-34-36(37)35-20)28-23-26-15(10-30(23)22(19)33)13-6-2-1-3-7-13/h1-10,16-17,20,31-32,37H,11-12,25H2,(H,26,28). The summed E-state index contributed by atoms with van der Waals surface area (Å²) >= 11 is 5.47. The van der Waals surface area contributed by atoms with Crippen molar-refractivity contribution in [2.75, 3.05) is 12.3 Å². The maximum absolute atomic E-state index is 13.5. The van der Waals surface area contributed by atoms with Crippen LogP contribution in [0.1, 0.15) is 0 Å². The Hall–Kier alpha value is -2.90. The maximum Gasteiger partial charge on any atom is 0.287 e. The molecule has 3 aromatic heterocycles. The lowest BCUT2D eigenvalue weighted by molar-refractivity contribution is -0.0837. The summed E-state index contributed by atoms with van der Waals surface area (Å²) in [5.74, 6) is 0.328. The second-order valence-electron chi connectivity index (χ2n) is 8.70. The van der Waals surface area contributed by atoms with Crippen molar-refractivity contribution < 1.29 is 19.3 Å². The van der Waals surface area contributed by atoms with Gasteiger partial charge in [0, 0.05) is 16.8 Å². The molecule has 38 heavy (non-hydrogen) atoms. The van der Waals surface area contributed by atoms with Crippen molar-refractivity contribution in [2.45, 2.75) is 34.9 Å². The SMILES string of the molecule is Nc1ccccc1Sc1nc2c(=O)n3cc(-c4ccccc4)[nH]c3nc2n1CC(O)C1OP(S)OCC1O. The lowest BCUT2D eigenvalue weighted by atomic mass is 10.1. The average Bonchev–Trinajstić information content (AvgIpc) is 3.50. The molecule has 0 aliphatic carbocycles. The molecule has 0 bridgehead atoms. The summed E-state index contributed by atoms with van der Waals surface area (Å²) in [5.41, 5.74) is 8.39. The van der Waals surface area contributed by atoms with Gasteiger partial charge in [-0.25, -0.2) is 9.38 Å². The van der Waals surface area contributed by atoms with Gasteiger partial charge in [0.05, 0.1) is 18.8 Å². The minimum Gasteiger partial charge on any atom is -0.398 e. The van der Waals surface area contributed by atoms with E-state index < -0.39 is 25.9 Å². The largest absolute Gasteiger partial charge is 0.398 e. The Morgan fingerprint density at radius 2 is 1.97 bits per heavy atom. The zero-order chi connectivity index (χ0) is 26.4. The number of fused-ring (bicyclic) bond motifs is 2. The summed E-state index contributed by atoms with van der Waals surface area (Å²) < 4.78 is 13.9. The van der Waals surface area contributed by atoms with Crippen LogP contribution in [0.4, 0.5) is 5.69 Å². The van der Waals surface area contributed by atoms with Crippen LogP contribution < -0.4 is 11.3 Å². The van der Waals surface area contributed by atoms with Crippen molar-refractivity contribution in [3.63, 3.8) is 0 Å². The highest BCUT2D eigenvalue weighted by molar-refractivity contribution is 8.41. The van der Waals surface area contributed by atoms with Gasteiger partial charge in [0.15, 0.2) is 16.3 Å². The molecule has 4 atom stereocenters. The van der Waals surface area contributed by atoms with Crippen LogP contribution in [0.15, 0.2) is 75.6 Å². The number of para-hydroxylation sites is 1. The molecule has 0 spiro atoms. The number of hydrogen-bond donors (Lipinski definition) is 5. The predicted octanol–water partition coefficient (Wildman–Crippen LogP) is 3.07. The molecule has 2 aromatic carbocycles. The summed E-state index contributed by atoms with van der Waals surface area (Å²) in [6, 6.07) is 16.9. The Balaban J connectivity index is 1.47. The number of thiol groups is 1. The number of H-pyrrole nitrogens is 1. The molecule has 0 saturated carbocycles. The van der Waals surface area contributed by atoms with Gasteiger partial charge in [-0.1, -0.05) is 54.7 Å². The van der Waals surface area contributed by atoms with Crippen molar-refractivity contribution in [1.82, 2.24) is 23.9 Å². The van der Waals surface area contributed by atoms with E-state index in [1.165, 1.54) is 16.2 Å². The van der Waals surface area contributed by atoms with Crippen LogP contribution in [0.3, 0.4) is 0 Å². The molecule has 5 N–H and O–H groups in total. The van der Waals surface area contributed by atoms with Crippen LogP contribution in [0.5, 0.6) is 0 Å². The number of anilines is 1. The van der Waals surface area contributed by atoms with Crippen LogP contribution in [-0.4, -0.2) is 59.1 Å². The molecule has 4 unspecified atom stereocenters. The Kier molecular flexibility index (Phi) is 6.91. The number of aliphatic hydroxyl groups excluding tert-OH is 2. The lowest BCUT2D eigenvalue weighted by Gasteiger charge is -2.33. The van der Waals surface area contributed by atoms with E-state index in [4.69, 9.17) is 19.8 Å². The number of nitrogens with one attached hydrogen (secondary N) is 1. The number of hydrogen-bond acceptors (Lipinski definition) is 10. The number of benzene rings is 2. The Labute approximate surface area is 226 Å². The number of aromatic amines is 1. The summed E-state index contributed by atoms with van der Waals surface area (Å²) in [5, 5.41) is 21.9. The number of aromatic nitrogens is 5. The summed E-state index contributed by atoms with van der Waals surface area (Å²) in [4.78, 5) is 26.8. The molecule has 1 aliphatic rings. The van der Waals surface area contributed by atoms with E-state index in [1.807, 2.05) is 48.5 Å². The van der Waals surface area contributed by atoms with Gasteiger partial charge < -0.3 is 34.5 Å². The highest BCUT2D eigenvalue weighted by Crippen LogP contribution is 2.48. The maximum atomic E-state index is 13.5. The molecule has 4 heterocycles. The Bertz CT molecular complexity index is 1680. The number of nitrogen functional groups attached to an aromatic ring is 1. The van der Waals surface area contributed by atoms with Gasteiger partial charge in [-0.3, -0.25) is 4.79 Å². The smallest absolute Gasteiger partial charge is 0.287 e. The zero-order valence-electron chi connectivity index (χ0n) is 19.7. The number of nitrogens with two attached hydrogens (primary N) is 1. The zero-order valence-corrected chi connectivity index (χ0v) is 22.3. The van der Waals surface area contributed by atoms with Crippen LogP contribution in [0, 0.1) is 0 Å². The number of aliphatic hydroxyl groups is 2. The first-order valence-electron chi connectivity index (χ1n) is 11.6. The molecule has 196 valence electrons. The third-order valence-corrected chi connectivity index (χ3v) is 8.68. The number of nitrogens with zero attached hydrogens (tertiary/aromatic N) is 4. The Morgan fingerprint density at radius 1 is 1.21 bits per heavy atom. The predicted molar refractivity (Wildman–Crippen MR) is 148 cm³/mol. The summed E-state index contributed by atoms with van der Waals surface area (Å²) in [6.07, 6.45) is -1.46. The molecular formula is C24H23N6O5PS2. The van der Waals surface area contributed by atoms with Crippen molar-refractivity contribution in [2.24, 2.45) is 0 Å². The second kappa shape index (κ2) is 10.3.